The second kappa shape index (κ2) is 7.16. The average Bonchev–Trinajstić information content (AvgIpc) is 2.76. The maximum Gasteiger partial charge on any atom is 0.315 e. The monoisotopic (exact) mass is 267 g/mol. The first-order valence-corrected chi connectivity index (χ1v) is 6.97. The van der Waals surface area contributed by atoms with Crippen LogP contribution in [0.3, 0.4) is 0 Å². The van der Waals surface area contributed by atoms with Crippen molar-refractivity contribution in [3.8, 4) is 0 Å². The van der Waals surface area contributed by atoms with E-state index in [1.54, 1.807) is 11.3 Å². The largest absolute Gasteiger partial charge is 0.335 e. The van der Waals surface area contributed by atoms with Crippen LogP contribution in [-0.4, -0.2) is 17.6 Å². The molecule has 1 rings (SSSR count). The van der Waals surface area contributed by atoms with Crippen molar-refractivity contribution in [2.45, 2.75) is 40.2 Å². The van der Waals surface area contributed by atoms with Gasteiger partial charge in [0.15, 0.2) is 0 Å². The van der Waals surface area contributed by atoms with Gasteiger partial charge in [0.1, 0.15) is 5.01 Å². The molecule has 0 radical (unpaired) electrons. The van der Waals surface area contributed by atoms with Crippen LogP contribution in [0.15, 0.2) is 17.8 Å². The highest BCUT2D eigenvalue weighted by atomic mass is 32.1. The van der Waals surface area contributed by atoms with Crippen LogP contribution in [0.1, 0.15) is 43.6 Å². The number of amides is 2. The lowest BCUT2D eigenvalue weighted by molar-refractivity contribution is 0.239. The number of allylic oxidation sites excluding steroid dienone is 1. The predicted molar refractivity (Wildman–Crippen MR) is 75.9 cm³/mol. The van der Waals surface area contributed by atoms with Crippen molar-refractivity contribution >= 4 is 17.4 Å². The lowest BCUT2D eigenvalue weighted by Crippen LogP contribution is -2.37. The van der Waals surface area contributed by atoms with E-state index in [0.717, 1.165) is 11.4 Å². The zero-order valence-corrected chi connectivity index (χ0v) is 12.2. The Morgan fingerprint density at radius 2 is 2.28 bits per heavy atom. The summed E-state index contributed by atoms with van der Waals surface area (Å²) in [5, 5.41) is 6.61. The van der Waals surface area contributed by atoms with Crippen LogP contribution in [0.2, 0.25) is 0 Å². The summed E-state index contributed by atoms with van der Waals surface area (Å²) in [6, 6.07) is -0.213. The van der Waals surface area contributed by atoms with Crippen molar-refractivity contribution in [2.24, 2.45) is 0 Å². The standard InChI is InChI=1S/C13H21N3OS/c1-5-11-8-15-12(18-11)10(4)16-13(17)14-7-6-9(2)3/h6,8,10H,5,7H2,1-4H3,(H2,14,16,17)/t10-/m0/s1. The molecule has 0 saturated heterocycles. The van der Waals surface area contributed by atoms with Gasteiger partial charge in [-0.15, -0.1) is 11.3 Å². The van der Waals surface area contributed by atoms with E-state index in [9.17, 15) is 4.79 Å². The van der Waals surface area contributed by atoms with E-state index in [0.29, 0.717) is 6.54 Å². The molecule has 0 aromatic carbocycles. The number of hydrogen-bond acceptors (Lipinski definition) is 3. The van der Waals surface area contributed by atoms with Gasteiger partial charge in [-0.25, -0.2) is 9.78 Å². The molecule has 1 atom stereocenters. The van der Waals surface area contributed by atoms with Crippen LogP contribution >= 0.6 is 11.3 Å². The third-order valence-electron chi connectivity index (χ3n) is 2.41. The van der Waals surface area contributed by atoms with E-state index in [4.69, 9.17) is 0 Å². The molecular formula is C13H21N3OS. The van der Waals surface area contributed by atoms with Crippen LogP contribution in [-0.2, 0) is 6.42 Å². The van der Waals surface area contributed by atoms with E-state index in [1.165, 1.54) is 10.5 Å². The fourth-order valence-electron chi connectivity index (χ4n) is 1.34. The summed E-state index contributed by atoms with van der Waals surface area (Å²) in [5.74, 6) is 0. The van der Waals surface area contributed by atoms with Gasteiger partial charge in [0.25, 0.3) is 0 Å². The number of urea groups is 1. The Morgan fingerprint density at radius 1 is 1.56 bits per heavy atom. The van der Waals surface area contributed by atoms with Gasteiger partial charge >= 0.3 is 6.03 Å². The molecular weight excluding hydrogens is 246 g/mol. The van der Waals surface area contributed by atoms with E-state index in [2.05, 4.69) is 22.5 Å². The van der Waals surface area contributed by atoms with Crippen molar-refractivity contribution in [3.63, 3.8) is 0 Å². The molecule has 1 aromatic rings. The summed E-state index contributed by atoms with van der Waals surface area (Å²) in [4.78, 5) is 17.2. The Balaban J connectivity index is 2.41. The number of thiazole rings is 1. The highest BCUT2D eigenvalue weighted by molar-refractivity contribution is 7.11. The number of hydrogen-bond donors (Lipinski definition) is 2. The normalized spacial score (nSPS) is 11.8. The fraction of sp³-hybridized carbons (Fsp3) is 0.538. The molecule has 2 amide bonds. The van der Waals surface area contributed by atoms with Gasteiger partial charge in [0, 0.05) is 17.6 Å². The smallest absolute Gasteiger partial charge is 0.315 e. The maximum atomic E-state index is 11.6. The predicted octanol–water partition coefficient (Wildman–Crippen LogP) is 3.03. The highest BCUT2D eigenvalue weighted by Crippen LogP contribution is 2.19. The minimum absolute atomic E-state index is 0.0537. The zero-order valence-electron chi connectivity index (χ0n) is 11.4. The van der Waals surface area contributed by atoms with Crippen LogP contribution < -0.4 is 10.6 Å². The number of carbonyl (C=O) groups excluding carboxylic acids is 1. The fourth-order valence-corrected chi connectivity index (χ4v) is 2.20. The lowest BCUT2D eigenvalue weighted by Gasteiger charge is -2.11. The van der Waals surface area contributed by atoms with E-state index >= 15 is 0 Å². The van der Waals surface area contributed by atoms with Crippen LogP contribution in [0, 0.1) is 0 Å². The van der Waals surface area contributed by atoms with Gasteiger partial charge in [-0.1, -0.05) is 18.6 Å². The first-order chi connectivity index (χ1) is 8.52. The minimum atomic E-state index is -0.159. The summed E-state index contributed by atoms with van der Waals surface area (Å²) < 4.78 is 0. The SMILES string of the molecule is CCc1cnc([C@H](C)NC(=O)NCC=C(C)C)s1. The van der Waals surface area contributed by atoms with Gasteiger partial charge in [-0.3, -0.25) is 0 Å². The molecule has 100 valence electrons. The zero-order chi connectivity index (χ0) is 13.5. The van der Waals surface area contributed by atoms with Gasteiger partial charge < -0.3 is 10.6 Å². The Morgan fingerprint density at radius 3 is 2.83 bits per heavy atom. The van der Waals surface area contributed by atoms with Crippen LogP contribution in [0.4, 0.5) is 4.79 Å². The molecule has 0 unspecified atom stereocenters. The van der Waals surface area contributed by atoms with Crippen LogP contribution in [0.25, 0.3) is 0 Å². The third kappa shape index (κ3) is 4.87. The summed E-state index contributed by atoms with van der Waals surface area (Å²) in [5.41, 5.74) is 1.19. The molecule has 0 fully saturated rings. The van der Waals surface area contributed by atoms with Crippen molar-refractivity contribution in [2.75, 3.05) is 6.54 Å². The number of nitrogens with one attached hydrogen (secondary N) is 2. The van der Waals surface area contributed by atoms with Crippen molar-refractivity contribution in [3.05, 3.63) is 27.7 Å². The Kier molecular flexibility index (Phi) is 5.85. The number of carbonyl (C=O) groups is 1. The van der Waals surface area contributed by atoms with Gasteiger partial charge in [0.2, 0.25) is 0 Å². The van der Waals surface area contributed by atoms with E-state index < -0.39 is 0 Å². The summed E-state index contributed by atoms with van der Waals surface area (Å²) in [7, 11) is 0. The van der Waals surface area contributed by atoms with Crippen molar-refractivity contribution in [1.29, 1.82) is 0 Å². The second-order valence-corrected chi connectivity index (χ2v) is 5.52. The van der Waals surface area contributed by atoms with E-state index in [-0.39, 0.29) is 12.1 Å². The Bertz CT molecular complexity index is 422. The summed E-state index contributed by atoms with van der Waals surface area (Å²) in [6.45, 7) is 8.60. The highest BCUT2D eigenvalue weighted by Gasteiger charge is 2.12. The number of aromatic nitrogens is 1. The Hall–Kier alpha value is -1.36. The van der Waals surface area contributed by atoms with E-state index in [1.807, 2.05) is 33.0 Å². The van der Waals surface area contributed by atoms with Crippen molar-refractivity contribution in [1.82, 2.24) is 15.6 Å². The number of rotatable bonds is 5. The van der Waals surface area contributed by atoms with Crippen LogP contribution in [0.5, 0.6) is 0 Å². The maximum absolute atomic E-state index is 11.6. The molecule has 0 aliphatic rings. The summed E-state index contributed by atoms with van der Waals surface area (Å²) in [6.07, 6.45) is 4.83. The Labute approximate surface area is 113 Å². The number of nitrogens with zero attached hydrogens (tertiary/aromatic N) is 1. The molecule has 4 nitrogen and oxygen atoms in total. The molecule has 2 N–H and O–H groups in total. The molecule has 1 heterocycles. The first-order valence-electron chi connectivity index (χ1n) is 6.15. The first kappa shape index (κ1) is 14.7. The van der Waals surface area contributed by atoms with Gasteiger partial charge in [-0.05, 0) is 27.2 Å². The molecule has 0 spiro atoms. The minimum Gasteiger partial charge on any atom is -0.335 e. The quantitative estimate of drug-likeness (QED) is 0.806. The topological polar surface area (TPSA) is 54.0 Å². The lowest BCUT2D eigenvalue weighted by atomic mass is 10.3. The molecule has 0 aliphatic carbocycles. The average molecular weight is 267 g/mol. The molecule has 0 saturated carbocycles. The van der Waals surface area contributed by atoms with Crippen molar-refractivity contribution < 1.29 is 4.79 Å². The summed E-state index contributed by atoms with van der Waals surface area (Å²) >= 11 is 1.65. The van der Waals surface area contributed by atoms with Gasteiger partial charge in [-0.2, -0.15) is 0 Å². The third-order valence-corrected chi connectivity index (χ3v) is 3.74. The van der Waals surface area contributed by atoms with Gasteiger partial charge in [0.05, 0.1) is 6.04 Å². The molecule has 5 heteroatoms. The molecule has 0 aliphatic heterocycles. The molecule has 1 aromatic heterocycles. The molecule has 0 bridgehead atoms. The molecule has 18 heavy (non-hydrogen) atoms. The second-order valence-electron chi connectivity index (χ2n) is 4.38. The number of aryl methyl sites for hydroxylation is 1.